The first-order chi connectivity index (χ1) is 11.0. The smallest absolute Gasteiger partial charge is 0.262 e. The van der Waals surface area contributed by atoms with Gasteiger partial charge in [0.25, 0.3) is 5.56 Å². The van der Waals surface area contributed by atoms with Crippen molar-refractivity contribution >= 4 is 27.5 Å². The Bertz CT molecular complexity index is 791. The van der Waals surface area contributed by atoms with Crippen LogP contribution in [0.3, 0.4) is 0 Å². The Morgan fingerprint density at radius 3 is 2.83 bits per heavy atom. The molecule has 1 atom stereocenters. The fraction of sp³-hybridized carbons (Fsp3) is 0.588. The van der Waals surface area contributed by atoms with E-state index in [0.717, 1.165) is 29.5 Å². The second-order valence-electron chi connectivity index (χ2n) is 6.67. The lowest BCUT2D eigenvalue weighted by molar-refractivity contribution is -0.122. The van der Waals surface area contributed by atoms with Crippen molar-refractivity contribution < 1.29 is 4.79 Å². The van der Waals surface area contributed by atoms with Gasteiger partial charge < -0.3 is 5.32 Å². The summed E-state index contributed by atoms with van der Waals surface area (Å²) in [6.45, 7) is 6.12. The van der Waals surface area contributed by atoms with Crippen LogP contribution in [0.15, 0.2) is 11.1 Å². The van der Waals surface area contributed by atoms with Gasteiger partial charge in [-0.05, 0) is 44.1 Å². The number of carbonyl (C=O) groups is 1. The lowest BCUT2D eigenvalue weighted by Gasteiger charge is -2.17. The third-order valence-electron chi connectivity index (χ3n) is 4.64. The molecular formula is C17H23N3O2S. The summed E-state index contributed by atoms with van der Waals surface area (Å²) >= 11 is 1.63. The van der Waals surface area contributed by atoms with Crippen molar-refractivity contribution in [3.8, 4) is 0 Å². The van der Waals surface area contributed by atoms with Crippen molar-refractivity contribution in [1.82, 2.24) is 14.9 Å². The highest BCUT2D eigenvalue weighted by Gasteiger charge is 2.20. The van der Waals surface area contributed by atoms with Gasteiger partial charge in [-0.3, -0.25) is 14.2 Å². The van der Waals surface area contributed by atoms with Crippen LogP contribution in [0.25, 0.3) is 10.2 Å². The van der Waals surface area contributed by atoms with E-state index in [1.165, 1.54) is 27.8 Å². The van der Waals surface area contributed by atoms with Gasteiger partial charge >= 0.3 is 0 Å². The van der Waals surface area contributed by atoms with E-state index < -0.39 is 0 Å². The zero-order valence-electron chi connectivity index (χ0n) is 13.9. The molecule has 0 fully saturated rings. The monoisotopic (exact) mass is 333 g/mol. The topological polar surface area (TPSA) is 64.0 Å². The molecule has 5 nitrogen and oxygen atoms in total. The van der Waals surface area contributed by atoms with Gasteiger partial charge in [-0.25, -0.2) is 4.98 Å². The molecule has 0 radical (unpaired) electrons. The van der Waals surface area contributed by atoms with E-state index >= 15 is 0 Å². The minimum atomic E-state index is -0.140. The van der Waals surface area contributed by atoms with Crippen molar-refractivity contribution in [3.05, 3.63) is 27.1 Å². The molecule has 0 saturated carbocycles. The minimum Gasteiger partial charge on any atom is -0.352 e. The number of aromatic nitrogens is 2. The zero-order valence-corrected chi connectivity index (χ0v) is 14.7. The van der Waals surface area contributed by atoms with E-state index in [0.29, 0.717) is 5.92 Å². The number of aryl methyl sites for hydroxylation is 2. The van der Waals surface area contributed by atoms with Crippen molar-refractivity contribution in [2.24, 2.45) is 5.92 Å². The predicted molar refractivity (Wildman–Crippen MR) is 93.0 cm³/mol. The number of hydrogen-bond donors (Lipinski definition) is 1. The molecule has 6 heteroatoms. The number of rotatable bonds is 4. The van der Waals surface area contributed by atoms with Crippen molar-refractivity contribution in [1.29, 1.82) is 0 Å². The van der Waals surface area contributed by atoms with Crippen LogP contribution in [0.1, 0.15) is 44.1 Å². The SMILES string of the molecule is CC(C)C(C)NC(=O)Cn1cnc2sc3c(c2c1=O)CCCC3. The number of nitrogens with zero attached hydrogens (tertiary/aromatic N) is 2. The molecule has 2 aromatic rings. The van der Waals surface area contributed by atoms with Crippen LogP contribution in [-0.2, 0) is 24.2 Å². The summed E-state index contributed by atoms with van der Waals surface area (Å²) in [5.41, 5.74) is 1.08. The van der Waals surface area contributed by atoms with Crippen LogP contribution in [0, 0.1) is 5.92 Å². The van der Waals surface area contributed by atoms with E-state index in [9.17, 15) is 9.59 Å². The van der Waals surface area contributed by atoms with Crippen LogP contribution in [-0.4, -0.2) is 21.5 Å². The van der Waals surface area contributed by atoms with E-state index in [-0.39, 0.29) is 24.1 Å². The van der Waals surface area contributed by atoms with Crippen LogP contribution in [0.5, 0.6) is 0 Å². The molecule has 1 amide bonds. The van der Waals surface area contributed by atoms with Crippen LogP contribution >= 0.6 is 11.3 Å². The Kier molecular flexibility index (Phi) is 4.53. The van der Waals surface area contributed by atoms with E-state index in [4.69, 9.17) is 0 Å². The third kappa shape index (κ3) is 3.17. The highest BCUT2D eigenvalue weighted by atomic mass is 32.1. The van der Waals surface area contributed by atoms with Crippen molar-refractivity contribution in [2.45, 2.75) is 59.0 Å². The molecule has 23 heavy (non-hydrogen) atoms. The maximum Gasteiger partial charge on any atom is 0.262 e. The molecule has 1 aliphatic carbocycles. The molecule has 124 valence electrons. The average molecular weight is 333 g/mol. The second-order valence-corrected chi connectivity index (χ2v) is 7.75. The Balaban J connectivity index is 1.89. The molecule has 1 aliphatic rings. The van der Waals surface area contributed by atoms with Crippen LogP contribution in [0.2, 0.25) is 0 Å². The summed E-state index contributed by atoms with van der Waals surface area (Å²) in [5, 5.41) is 3.67. The number of hydrogen-bond acceptors (Lipinski definition) is 4. The second kappa shape index (κ2) is 6.43. The molecule has 0 aromatic carbocycles. The first-order valence-corrected chi connectivity index (χ1v) is 9.08. The Morgan fingerprint density at radius 2 is 2.09 bits per heavy atom. The lowest BCUT2D eigenvalue weighted by atomic mass is 9.97. The number of carbonyl (C=O) groups excluding carboxylic acids is 1. The molecule has 0 aliphatic heterocycles. The fourth-order valence-electron chi connectivity index (χ4n) is 2.91. The molecule has 2 heterocycles. The third-order valence-corrected chi connectivity index (χ3v) is 5.84. The van der Waals surface area contributed by atoms with Gasteiger partial charge in [0.2, 0.25) is 5.91 Å². The summed E-state index contributed by atoms with van der Waals surface area (Å²) < 4.78 is 1.44. The first kappa shape index (κ1) is 16.2. The zero-order chi connectivity index (χ0) is 16.6. The number of thiophene rings is 1. The molecule has 2 aromatic heterocycles. The van der Waals surface area contributed by atoms with Crippen molar-refractivity contribution in [3.63, 3.8) is 0 Å². The van der Waals surface area contributed by atoms with Gasteiger partial charge in [-0.2, -0.15) is 0 Å². The molecule has 1 unspecified atom stereocenters. The molecule has 3 rings (SSSR count). The summed E-state index contributed by atoms with van der Waals surface area (Å²) in [4.78, 5) is 31.4. The van der Waals surface area contributed by atoms with E-state index in [1.54, 1.807) is 11.3 Å². The quantitative estimate of drug-likeness (QED) is 0.935. The van der Waals surface area contributed by atoms with Gasteiger partial charge in [-0.1, -0.05) is 13.8 Å². The first-order valence-electron chi connectivity index (χ1n) is 8.26. The van der Waals surface area contributed by atoms with Crippen LogP contribution in [0.4, 0.5) is 0 Å². The average Bonchev–Trinajstić information content (AvgIpc) is 2.89. The van der Waals surface area contributed by atoms with E-state index in [2.05, 4.69) is 24.1 Å². The van der Waals surface area contributed by atoms with Gasteiger partial charge in [0.05, 0.1) is 11.7 Å². The molecule has 1 N–H and O–H groups in total. The standard InChI is InChI=1S/C17H23N3O2S/c1-10(2)11(3)19-14(21)8-20-9-18-16-15(17(20)22)12-6-4-5-7-13(12)23-16/h9-11H,4-8H2,1-3H3,(H,19,21). The highest BCUT2D eigenvalue weighted by Crippen LogP contribution is 2.33. The van der Waals surface area contributed by atoms with E-state index in [1.807, 2.05) is 6.92 Å². The fourth-order valence-corrected chi connectivity index (χ4v) is 4.13. The number of nitrogens with one attached hydrogen (secondary N) is 1. The molecule has 0 bridgehead atoms. The molecular weight excluding hydrogens is 310 g/mol. The summed E-state index contributed by atoms with van der Waals surface area (Å²) in [7, 11) is 0. The number of fused-ring (bicyclic) bond motifs is 3. The normalized spacial score (nSPS) is 15.7. The van der Waals surface area contributed by atoms with Gasteiger partial charge in [-0.15, -0.1) is 11.3 Å². The Morgan fingerprint density at radius 1 is 1.35 bits per heavy atom. The summed E-state index contributed by atoms with van der Waals surface area (Å²) in [6, 6.07) is 0.0869. The van der Waals surface area contributed by atoms with Gasteiger partial charge in [0.15, 0.2) is 0 Å². The molecule has 0 spiro atoms. The predicted octanol–water partition coefficient (Wildman–Crippen LogP) is 2.50. The minimum absolute atomic E-state index is 0.0312. The summed E-state index contributed by atoms with van der Waals surface area (Å²) in [6.07, 6.45) is 5.81. The lowest BCUT2D eigenvalue weighted by Crippen LogP contribution is -2.39. The number of amides is 1. The Hall–Kier alpha value is -1.69. The summed E-state index contributed by atoms with van der Waals surface area (Å²) in [5.74, 6) is 0.221. The van der Waals surface area contributed by atoms with Crippen LogP contribution < -0.4 is 10.9 Å². The maximum absolute atomic E-state index is 12.8. The highest BCUT2D eigenvalue weighted by molar-refractivity contribution is 7.18. The Labute approximate surface area is 139 Å². The largest absolute Gasteiger partial charge is 0.352 e. The van der Waals surface area contributed by atoms with Gasteiger partial charge in [0.1, 0.15) is 11.4 Å². The maximum atomic E-state index is 12.8. The van der Waals surface area contributed by atoms with Gasteiger partial charge in [0, 0.05) is 10.9 Å². The molecule has 0 saturated heterocycles. The van der Waals surface area contributed by atoms with Crippen molar-refractivity contribution in [2.75, 3.05) is 0 Å².